The Labute approximate surface area is 137 Å². The van der Waals surface area contributed by atoms with E-state index < -0.39 is 0 Å². The van der Waals surface area contributed by atoms with Crippen LogP contribution in [0.15, 0.2) is 40.2 Å². The largest absolute Gasteiger partial charge is 0.350 e. The van der Waals surface area contributed by atoms with Crippen molar-refractivity contribution in [1.29, 1.82) is 0 Å². The number of aryl methyl sites for hydroxylation is 1. The minimum atomic E-state index is -0.342. The lowest BCUT2D eigenvalue weighted by Crippen LogP contribution is -2.24. The first kappa shape index (κ1) is 15.6. The maximum atomic E-state index is 12.7. The van der Waals surface area contributed by atoms with E-state index >= 15 is 0 Å². The van der Waals surface area contributed by atoms with Crippen LogP contribution >= 0.6 is 11.6 Å². The van der Waals surface area contributed by atoms with Crippen LogP contribution in [0.3, 0.4) is 0 Å². The molecule has 0 aliphatic rings. The molecule has 0 amide bonds. The van der Waals surface area contributed by atoms with E-state index in [1.165, 1.54) is 13.6 Å². The maximum Gasteiger partial charge on any atom is 0.350 e. The zero-order valence-corrected chi connectivity index (χ0v) is 13.7. The zero-order chi connectivity index (χ0) is 16.6. The van der Waals surface area contributed by atoms with Crippen LogP contribution in [0, 0.1) is 6.92 Å². The number of nitrogens with zero attached hydrogens (tertiary/aromatic N) is 4. The third-order valence-electron chi connectivity index (χ3n) is 3.87. The van der Waals surface area contributed by atoms with E-state index in [4.69, 9.17) is 11.6 Å². The molecule has 23 heavy (non-hydrogen) atoms. The molecule has 0 aliphatic heterocycles. The Kier molecular flexibility index (Phi) is 4.09. The number of aromatic nitrogens is 4. The Morgan fingerprint density at radius 3 is 2.74 bits per heavy atom. The van der Waals surface area contributed by atoms with Gasteiger partial charge in [0.1, 0.15) is 0 Å². The molecule has 0 unspecified atom stereocenters. The molecule has 6 nitrogen and oxygen atoms in total. The number of fused-ring (bicyclic) bond motifs is 1. The van der Waals surface area contributed by atoms with E-state index in [1.54, 1.807) is 24.5 Å². The summed E-state index contributed by atoms with van der Waals surface area (Å²) < 4.78 is 4.09. The summed E-state index contributed by atoms with van der Waals surface area (Å²) in [7, 11) is 0. The highest BCUT2D eigenvalue weighted by atomic mass is 35.5. The fourth-order valence-electron chi connectivity index (χ4n) is 2.51. The molecule has 0 spiro atoms. The molecular formula is C16H17ClN4O2. The quantitative estimate of drug-likeness (QED) is 0.737. The number of unbranched alkanes of at least 4 members (excludes halogenated alkanes) is 1. The molecule has 7 heteroatoms. The van der Waals surface area contributed by atoms with Crippen LogP contribution in [-0.4, -0.2) is 18.7 Å². The van der Waals surface area contributed by atoms with Crippen molar-refractivity contribution in [2.45, 2.75) is 33.2 Å². The summed E-state index contributed by atoms with van der Waals surface area (Å²) in [6.07, 6.45) is 4.92. The second kappa shape index (κ2) is 6.04. The van der Waals surface area contributed by atoms with Crippen molar-refractivity contribution in [2.75, 3.05) is 0 Å². The molecule has 120 valence electrons. The standard InChI is InChI=1S/C16H17ClN4O2/c1-3-4-8-21-16(23)20-10-9-19(15(22)14(20)18-21)13-7-5-6-12(17)11(13)2/h5-7,9-10H,3-4,8H2,1-2H3. The van der Waals surface area contributed by atoms with Crippen molar-refractivity contribution in [2.24, 2.45) is 0 Å². The second-order valence-electron chi connectivity index (χ2n) is 5.41. The molecule has 0 saturated heterocycles. The van der Waals surface area contributed by atoms with Gasteiger partial charge in [-0.05, 0) is 31.0 Å². The molecule has 0 atom stereocenters. The summed E-state index contributed by atoms with van der Waals surface area (Å²) >= 11 is 6.13. The number of benzene rings is 1. The van der Waals surface area contributed by atoms with Crippen molar-refractivity contribution < 1.29 is 0 Å². The van der Waals surface area contributed by atoms with E-state index in [0.717, 1.165) is 18.4 Å². The van der Waals surface area contributed by atoms with Crippen LogP contribution in [0.4, 0.5) is 0 Å². The monoisotopic (exact) mass is 332 g/mol. The van der Waals surface area contributed by atoms with Gasteiger partial charge in [0.2, 0.25) is 5.65 Å². The third kappa shape index (κ3) is 2.59. The molecule has 0 N–H and O–H groups in total. The first-order valence-electron chi connectivity index (χ1n) is 7.51. The molecule has 0 fully saturated rings. The molecule has 2 aromatic heterocycles. The topological polar surface area (TPSA) is 61.3 Å². The SMILES string of the molecule is CCCCn1nc2c(=O)n(-c3cccc(Cl)c3C)ccn2c1=O. The Bertz CT molecular complexity index is 984. The van der Waals surface area contributed by atoms with Crippen LogP contribution in [0.1, 0.15) is 25.3 Å². The highest BCUT2D eigenvalue weighted by Crippen LogP contribution is 2.20. The minimum Gasteiger partial charge on any atom is -0.279 e. The third-order valence-corrected chi connectivity index (χ3v) is 4.28. The van der Waals surface area contributed by atoms with Gasteiger partial charge in [0.05, 0.1) is 5.69 Å². The first-order chi connectivity index (χ1) is 11.0. The second-order valence-corrected chi connectivity index (χ2v) is 5.82. The average Bonchev–Trinajstić information content (AvgIpc) is 2.86. The van der Waals surface area contributed by atoms with Crippen LogP contribution in [-0.2, 0) is 6.54 Å². The first-order valence-corrected chi connectivity index (χ1v) is 7.88. The predicted octanol–water partition coefficient (Wildman–Crippen LogP) is 2.41. The molecule has 0 aliphatic carbocycles. The van der Waals surface area contributed by atoms with Crippen molar-refractivity contribution in [3.63, 3.8) is 0 Å². The van der Waals surface area contributed by atoms with Crippen molar-refractivity contribution in [3.8, 4) is 5.69 Å². The van der Waals surface area contributed by atoms with Crippen LogP contribution in [0.2, 0.25) is 5.02 Å². The molecule has 1 aromatic carbocycles. The average molecular weight is 333 g/mol. The zero-order valence-electron chi connectivity index (χ0n) is 13.0. The van der Waals surface area contributed by atoms with E-state index in [1.807, 2.05) is 19.9 Å². The Morgan fingerprint density at radius 1 is 1.22 bits per heavy atom. The molecule has 0 saturated carbocycles. The van der Waals surface area contributed by atoms with Gasteiger partial charge in [-0.15, -0.1) is 5.10 Å². The number of hydrogen-bond donors (Lipinski definition) is 0. The number of halogens is 1. The van der Waals surface area contributed by atoms with Gasteiger partial charge in [-0.25, -0.2) is 13.9 Å². The van der Waals surface area contributed by atoms with Gasteiger partial charge >= 0.3 is 11.2 Å². The smallest absolute Gasteiger partial charge is 0.279 e. The Hall–Kier alpha value is -2.34. The van der Waals surface area contributed by atoms with E-state index in [2.05, 4.69) is 5.10 Å². The lowest BCUT2D eigenvalue weighted by Gasteiger charge is -2.09. The summed E-state index contributed by atoms with van der Waals surface area (Å²) in [6, 6.07) is 5.37. The van der Waals surface area contributed by atoms with Crippen LogP contribution in [0.5, 0.6) is 0 Å². The highest BCUT2D eigenvalue weighted by molar-refractivity contribution is 6.31. The summed E-state index contributed by atoms with van der Waals surface area (Å²) in [6.45, 7) is 4.39. The van der Waals surface area contributed by atoms with E-state index in [9.17, 15) is 9.59 Å². The fourth-order valence-corrected chi connectivity index (χ4v) is 2.68. The van der Waals surface area contributed by atoms with Crippen LogP contribution in [0.25, 0.3) is 11.3 Å². The van der Waals surface area contributed by atoms with Crippen LogP contribution < -0.4 is 11.2 Å². The van der Waals surface area contributed by atoms with Gasteiger partial charge in [-0.1, -0.05) is 31.0 Å². The van der Waals surface area contributed by atoms with Crippen molar-refractivity contribution >= 4 is 17.2 Å². The van der Waals surface area contributed by atoms with Gasteiger partial charge in [-0.3, -0.25) is 9.36 Å². The van der Waals surface area contributed by atoms with Gasteiger partial charge in [-0.2, -0.15) is 0 Å². The normalized spacial score (nSPS) is 11.3. The van der Waals surface area contributed by atoms with Gasteiger partial charge in [0.25, 0.3) is 0 Å². The molecule has 0 bridgehead atoms. The maximum absolute atomic E-state index is 12.7. The minimum absolute atomic E-state index is 0.118. The van der Waals surface area contributed by atoms with Gasteiger partial charge < -0.3 is 0 Å². The lowest BCUT2D eigenvalue weighted by atomic mass is 10.2. The Morgan fingerprint density at radius 2 is 2.00 bits per heavy atom. The number of rotatable bonds is 4. The van der Waals surface area contributed by atoms with E-state index in [0.29, 0.717) is 17.3 Å². The molecule has 2 heterocycles. The fraction of sp³-hybridized carbons (Fsp3) is 0.312. The summed E-state index contributed by atoms with van der Waals surface area (Å²) in [5, 5.41) is 4.77. The van der Waals surface area contributed by atoms with Gasteiger partial charge in [0, 0.05) is 24.0 Å². The van der Waals surface area contributed by atoms with E-state index in [-0.39, 0.29) is 16.9 Å². The number of hydrogen-bond acceptors (Lipinski definition) is 3. The highest BCUT2D eigenvalue weighted by Gasteiger charge is 2.13. The summed E-state index contributed by atoms with van der Waals surface area (Å²) in [5.41, 5.74) is 0.965. The summed E-state index contributed by atoms with van der Waals surface area (Å²) in [5.74, 6) is 0. The van der Waals surface area contributed by atoms with Crippen molar-refractivity contribution in [3.05, 3.63) is 62.0 Å². The summed E-state index contributed by atoms with van der Waals surface area (Å²) in [4.78, 5) is 25.0. The molecule has 0 radical (unpaired) electrons. The molecule has 3 aromatic rings. The van der Waals surface area contributed by atoms with Crippen molar-refractivity contribution in [1.82, 2.24) is 18.7 Å². The lowest BCUT2D eigenvalue weighted by molar-refractivity contribution is 0.554. The molecular weight excluding hydrogens is 316 g/mol. The predicted molar refractivity (Wildman–Crippen MR) is 89.7 cm³/mol. The Balaban J connectivity index is 2.22. The van der Waals surface area contributed by atoms with Gasteiger partial charge in [0.15, 0.2) is 0 Å². The molecule has 3 rings (SSSR count).